The largest absolute Gasteiger partial charge is 0.454 e. The molecule has 2 N–H and O–H groups in total. The number of amides is 1. The highest BCUT2D eigenvalue weighted by Gasteiger charge is 2.14. The van der Waals surface area contributed by atoms with Gasteiger partial charge in [-0.15, -0.1) is 0 Å². The maximum Gasteiger partial charge on any atom is 0.261 e. The van der Waals surface area contributed by atoms with E-state index in [1.807, 2.05) is 25.1 Å². The highest BCUT2D eigenvalue weighted by molar-refractivity contribution is 7.92. The minimum absolute atomic E-state index is 0.0991. The first-order valence-corrected chi connectivity index (χ1v) is 11.0. The zero-order chi connectivity index (χ0) is 21.8. The fraction of sp³-hybridized carbons (Fsp3) is 0.0870. The van der Waals surface area contributed by atoms with Crippen molar-refractivity contribution in [2.45, 2.75) is 11.8 Å². The molecule has 0 bridgehead atoms. The van der Waals surface area contributed by atoms with E-state index in [9.17, 15) is 13.2 Å². The van der Waals surface area contributed by atoms with Crippen molar-refractivity contribution in [3.05, 3.63) is 83.9 Å². The third-order valence-electron chi connectivity index (χ3n) is 4.56. The smallest absolute Gasteiger partial charge is 0.261 e. The maximum absolute atomic E-state index is 12.5. The molecule has 31 heavy (non-hydrogen) atoms. The van der Waals surface area contributed by atoms with E-state index in [2.05, 4.69) is 10.0 Å². The van der Waals surface area contributed by atoms with E-state index in [4.69, 9.17) is 9.47 Å². The SMILES string of the molecule is Cc1ccc(NS(=O)(=O)c2ccc(NC(=O)/C=C/c3ccc4c(c3)OCO4)cc2)cc1. The lowest BCUT2D eigenvalue weighted by atomic mass is 10.2. The first-order chi connectivity index (χ1) is 14.9. The van der Waals surface area contributed by atoms with Crippen molar-refractivity contribution >= 4 is 33.4 Å². The van der Waals surface area contributed by atoms with Crippen LogP contribution >= 0.6 is 0 Å². The Bertz CT molecular complexity index is 1230. The molecule has 0 unspecified atom stereocenters. The van der Waals surface area contributed by atoms with Crippen molar-refractivity contribution in [1.29, 1.82) is 0 Å². The Labute approximate surface area is 180 Å². The van der Waals surface area contributed by atoms with Crippen LogP contribution in [-0.4, -0.2) is 21.1 Å². The second-order valence-electron chi connectivity index (χ2n) is 6.93. The van der Waals surface area contributed by atoms with Gasteiger partial charge in [0.05, 0.1) is 4.90 Å². The predicted molar refractivity (Wildman–Crippen MR) is 119 cm³/mol. The van der Waals surface area contributed by atoms with Crippen molar-refractivity contribution in [2.75, 3.05) is 16.8 Å². The van der Waals surface area contributed by atoms with Crippen LogP contribution in [0.3, 0.4) is 0 Å². The standard InChI is InChI=1S/C23H20N2O5S/c1-16-2-6-19(7-3-16)25-31(27,28)20-10-8-18(9-11-20)24-23(26)13-5-17-4-12-21-22(14-17)30-15-29-21/h2-14,25H,15H2,1H3,(H,24,26)/b13-5+. The number of hydrogen-bond acceptors (Lipinski definition) is 5. The molecule has 0 radical (unpaired) electrons. The summed E-state index contributed by atoms with van der Waals surface area (Å²) in [4.78, 5) is 12.3. The molecular formula is C23H20N2O5S. The van der Waals surface area contributed by atoms with Crippen LogP contribution in [0.25, 0.3) is 6.08 Å². The highest BCUT2D eigenvalue weighted by atomic mass is 32.2. The molecule has 0 spiro atoms. The lowest BCUT2D eigenvalue weighted by molar-refractivity contribution is -0.111. The molecule has 7 nitrogen and oxygen atoms in total. The van der Waals surface area contributed by atoms with Crippen molar-refractivity contribution in [1.82, 2.24) is 0 Å². The molecule has 0 saturated heterocycles. The lowest BCUT2D eigenvalue weighted by Crippen LogP contribution is -2.13. The first-order valence-electron chi connectivity index (χ1n) is 9.47. The summed E-state index contributed by atoms with van der Waals surface area (Å²) >= 11 is 0. The number of carbonyl (C=O) groups is 1. The molecule has 1 aliphatic rings. The number of fused-ring (bicyclic) bond motifs is 1. The number of nitrogens with one attached hydrogen (secondary N) is 2. The molecule has 8 heteroatoms. The maximum atomic E-state index is 12.5. The van der Waals surface area contributed by atoms with E-state index in [-0.39, 0.29) is 17.6 Å². The number of benzene rings is 3. The second kappa shape index (κ2) is 8.53. The van der Waals surface area contributed by atoms with Crippen LogP contribution in [0.5, 0.6) is 11.5 Å². The van der Waals surface area contributed by atoms with Crippen molar-refractivity contribution < 1.29 is 22.7 Å². The van der Waals surface area contributed by atoms with Gasteiger partial charge in [-0.25, -0.2) is 8.42 Å². The van der Waals surface area contributed by atoms with E-state index in [0.717, 1.165) is 11.1 Å². The summed E-state index contributed by atoms with van der Waals surface area (Å²) in [5, 5.41) is 2.70. The average molecular weight is 436 g/mol. The number of aryl methyl sites for hydroxylation is 1. The molecule has 0 aromatic heterocycles. The minimum Gasteiger partial charge on any atom is -0.454 e. The fourth-order valence-corrected chi connectivity index (χ4v) is 3.98. The molecule has 4 rings (SSSR count). The van der Waals surface area contributed by atoms with E-state index >= 15 is 0 Å². The zero-order valence-corrected chi connectivity index (χ0v) is 17.5. The van der Waals surface area contributed by atoms with Crippen molar-refractivity contribution in [3.8, 4) is 11.5 Å². The van der Waals surface area contributed by atoms with Gasteiger partial charge in [0.15, 0.2) is 11.5 Å². The Morgan fingerprint density at radius 2 is 1.58 bits per heavy atom. The molecule has 158 valence electrons. The van der Waals surface area contributed by atoms with E-state index in [1.54, 1.807) is 30.3 Å². The molecule has 1 aliphatic heterocycles. The van der Waals surface area contributed by atoms with Crippen molar-refractivity contribution in [2.24, 2.45) is 0 Å². The van der Waals surface area contributed by atoms with Gasteiger partial charge in [-0.1, -0.05) is 23.8 Å². The first kappa shape index (κ1) is 20.5. The van der Waals surface area contributed by atoms with Crippen LogP contribution in [0, 0.1) is 6.92 Å². The van der Waals surface area contributed by atoms with Crippen LogP contribution in [0.1, 0.15) is 11.1 Å². The second-order valence-corrected chi connectivity index (χ2v) is 8.61. The summed E-state index contributed by atoms with van der Waals surface area (Å²) < 4.78 is 38.2. The Hall–Kier alpha value is -3.78. The number of hydrogen-bond donors (Lipinski definition) is 2. The normalized spacial score (nSPS) is 12.7. The monoisotopic (exact) mass is 436 g/mol. The molecule has 1 heterocycles. The summed E-state index contributed by atoms with van der Waals surface area (Å²) in [5.41, 5.74) is 2.80. The summed E-state index contributed by atoms with van der Waals surface area (Å²) in [6.45, 7) is 2.12. The van der Waals surface area contributed by atoms with Gasteiger partial charge < -0.3 is 14.8 Å². The van der Waals surface area contributed by atoms with Crippen LogP contribution in [0.2, 0.25) is 0 Å². The number of ether oxygens (including phenoxy) is 2. The molecule has 3 aromatic carbocycles. The quantitative estimate of drug-likeness (QED) is 0.566. The van der Waals surface area contributed by atoms with Crippen molar-refractivity contribution in [3.63, 3.8) is 0 Å². The van der Waals surface area contributed by atoms with Gasteiger partial charge in [0.25, 0.3) is 10.0 Å². The molecule has 0 saturated carbocycles. The van der Waals surface area contributed by atoms with Gasteiger partial charge in [0, 0.05) is 17.5 Å². The summed E-state index contributed by atoms with van der Waals surface area (Å²) in [6.07, 6.45) is 3.04. The van der Waals surface area contributed by atoms with E-state index < -0.39 is 10.0 Å². The topological polar surface area (TPSA) is 93.7 Å². The Morgan fingerprint density at radius 3 is 2.32 bits per heavy atom. The number of rotatable bonds is 6. The molecule has 0 atom stereocenters. The van der Waals surface area contributed by atoms with Crippen LogP contribution < -0.4 is 19.5 Å². The molecule has 0 fully saturated rings. The Kier molecular flexibility index (Phi) is 5.64. The summed E-state index contributed by atoms with van der Waals surface area (Å²) in [7, 11) is -3.72. The molecule has 3 aromatic rings. The third-order valence-corrected chi connectivity index (χ3v) is 5.96. The molecule has 0 aliphatic carbocycles. The van der Waals surface area contributed by atoms with Gasteiger partial charge in [0.2, 0.25) is 12.7 Å². The summed E-state index contributed by atoms with van der Waals surface area (Å²) in [5.74, 6) is 0.971. The van der Waals surface area contributed by atoms with Gasteiger partial charge in [-0.2, -0.15) is 0 Å². The van der Waals surface area contributed by atoms with Gasteiger partial charge in [-0.05, 0) is 67.1 Å². The van der Waals surface area contributed by atoms with Gasteiger partial charge in [0.1, 0.15) is 0 Å². The Balaban J connectivity index is 1.38. The third kappa shape index (κ3) is 5.04. The number of carbonyl (C=O) groups excluding carboxylic acids is 1. The zero-order valence-electron chi connectivity index (χ0n) is 16.7. The van der Waals surface area contributed by atoms with Crippen LogP contribution in [-0.2, 0) is 14.8 Å². The lowest BCUT2D eigenvalue weighted by Gasteiger charge is -2.09. The summed E-state index contributed by atoms with van der Waals surface area (Å²) in [6, 6.07) is 18.4. The van der Waals surface area contributed by atoms with E-state index in [1.165, 1.54) is 30.3 Å². The van der Waals surface area contributed by atoms with Gasteiger partial charge in [-0.3, -0.25) is 9.52 Å². The van der Waals surface area contributed by atoms with Gasteiger partial charge >= 0.3 is 0 Å². The van der Waals surface area contributed by atoms with E-state index in [0.29, 0.717) is 22.9 Å². The number of sulfonamides is 1. The fourth-order valence-electron chi connectivity index (χ4n) is 2.93. The van der Waals surface area contributed by atoms with Crippen LogP contribution in [0.4, 0.5) is 11.4 Å². The number of anilines is 2. The average Bonchev–Trinajstić information content (AvgIpc) is 3.22. The highest BCUT2D eigenvalue weighted by Crippen LogP contribution is 2.32. The minimum atomic E-state index is -3.72. The predicted octanol–water partition coefficient (Wildman–Crippen LogP) is 4.18. The Morgan fingerprint density at radius 1 is 0.903 bits per heavy atom. The molecule has 1 amide bonds. The van der Waals surface area contributed by atoms with Crippen LogP contribution in [0.15, 0.2) is 77.7 Å². The molecular weight excluding hydrogens is 416 g/mol.